The Kier molecular flexibility index (Phi) is 6.91. The first-order valence-electron chi connectivity index (χ1n) is 8.92. The summed E-state index contributed by atoms with van der Waals surface area (Å²) in [5.41, 5.74) is 0.520. The lowest BCUT2D eigenvalue weighted by Gasteiger charge is -2.36. The van der Waals surface area contributed by atoms with Crippen molar-refractivity contribution in [2.45, 2.75) is 92.9 Å². The molecule has 0 spiro atoms. The van der Waals surface area contributed by atoms with Crippen molar-refractivity contribution in [1.82, 2.24) is 0 Å². The van der Waals surface area contributed by atoms with E-state index in [1.54, 1.807) is 0 Å². The first kappa shape index (κ1) is 17.1. The molecule has 0 aromatic heterocycles. The van der Waals surface area contributed by atoms with Crippen LogP contribution in [0.5, 0.6) is 0 Å². The van der Waals surface area contributed by atoms with Crippen molar-refractivity contribution in [3.05, 3.63) is 0 Å². The molecule has 4 atom stereocenters. The molecule has 0 nitrogen and oxygen atoms in total. The fraction of sp³-hybridized carbons (Fsp3) is 1.00. The van der Waals surface area contributed by atoms with Crippen LogP contribution >= 0.6 is 0 Å². The van der Waals surface area contributed by atoms with E-state index in [1.807, 2.05) is 0 Å². The molecule has 0 radical (unpaired) electrons. The molecule has 0 N–H and O–H groups in total. The van der Waals surface area contributed by atoms with Crippen molar-refractivity contribution in [1.29, 1.82) is 0 Å². The van der Waals surface area contributed by atoms with Crippen LogP contribution in [0.2, 0.25) is 0 Å². The molecule has 0 heteroatoms. The summed E-state index contributed by atoms with van der Waals surface area (Å²) in [5, 5.41) is 0. The lowest BCUT2D eigenvalue weighted by atomic mass is 9.69. The van der Waals surface area contributed by atoms with Crippen LogP contribution in [0.25, 0.3) is 0 Å². The predicted molar refractivity (Wildman–Crippen MR) is 87.4 cm³/mol. The van der Waals surface area contributed by atoms with Gasteiger partial charge < -0.3 is 0 Å². The van der Waals surface area contributed by atoms with Gasteiger partial charge >= 0.3 is 0 Å². The summed E-state index contributed by atoms with van der Waals surface area (Å²) in [7, 11) is 0. The first-order chi connectivity index (χ1) is 8.92. The highest BCUT2D eigenvalue weighted by molar-refractivity contribution is 4.84. The lowest BCUT2D eigenvalue weighted by molar-refractivity contribution is 0.139. The van der Waals surface area contributed by atoms with Crippen LogP contribution < -0.4 is 0 Å². The van der Waals surface area contributed by atoms with E-state index in [0.717, 1.165) is 23.7 Å². The van der Waals surface area contributed by atoms with Crippen molar-refractivity contribution < 1.29 is 0 Å². The zero-order valence-electron chi connectivity index (χ0n) is 14.5. The Morgan fingerprint density at radius 3 is 2.32 bits per heavy atom. The van der Waals surface area contributed by atoms with Crippen LogP contribution in [-0.4, -0.2) is 0 Å². The maximum Gasteiger partial charge on any atom is -0.0331 e. The highest BCUT2D eigenvalue weighted by Crippen LogP contribution is 2.44. The van der Waals surface area contributed by atoms with Crippen molar-refractivity contribution in [2.24, 2.45) is 29.1 Å². The van der Waals surface area contributed by atoms with E-state index in [0.29, 0.717) is 5.41 Å². The van der Waals surface area contributed by atoms with Gasteiger partial charge in [0.05, 0.1) is 0 Å². The molecule has 0 aromatic rings. The normalized spacial score (nSPS) is 27.5. The van der Waals surface area contributed by atoms with Crippen molar-refractivity contribution in [3.8, 4) is 0 Å². The largest absolute Gasteiger partial charge is 0.0654 e. The minimum absolute atomic E-state index is 0.520. The van der Waals surface area contributed by atoms with Crippen LogP contribution in [0, 0.1) is 29.1 Å². The van der Waals surface area contributed by atoms with Gasteiger partial charge in [0.15, 0.2) is 0 Å². The van der Waals surface area contributed by atoms with Gasteiger partial charge in [-0.25, -0.2) is 0 Å². The van der Waals surface area contributed by atoms with Gasteiger partial charge in [-0.05, 0) is 41.9 Å². The summed E-state index contributed by atoms with van der Waals surface area (Å²) < 4.78 is 0. The average molecular weight is 267 g/mol. The molecule has 1 aliphatic rings. The van der Waals surface area contributed by atoms with Crippen molar-refractivity contribution in [2.75, 3.05) is 0 Å². The summed E-state index contributed by atoms with van der Waals surface area (Å²) in [5.74, 6) is 3.88. The fourth-order valence-corrected chi connectivity index (χ4v) is 3.97. The third-order valence-electron chi connectivity index (χ3n) is 6.36. The van der Waals surface area contributed by atoms with E-state index in [9.17, 15) is 0 Å². The molecule has 0 aliphatic heterocycles. The molecule has 114 valence electrons. The van der Waals surface area contributed by atoms with Gasteiger partial charge in [-0.1, -0.05) is 80.1 Å². The molecule has 4 unspecified atom stereocenters. The number of rotatable bonds is 8. The SMILES string of the molecule is CCCCC(CC(C)C(C)(C)CC)C1CCCC1C. The second kappa shape index (κ2) is 7.70. The zero-order valence-corrected chi connectivity index (χ0v) is 14.5. The molecule has 1 saturated carbocycles. The second-order valence-electron chi connectivity index (χ2n) is 7.95. The van der Waals surface area contributed by atoms with Gasteiger partial charge in [-0.15, -0.1) is 0 Å². The van der Waals surface area contributed by atoms with Crippen LogP contribution in [0.4, 0.5) is 0 Å². The van der Waals surface area contributed by atoms with Crippen LogP contribution in [-0.2, 0) is 0 Å². The molecule has 19 heavy (non-hydrogen) atoms. The Morgan fingerprint density at radius 1 is 1.16 bits per heavy atom. The lowest BCUT2D eigenvalue weighted by Crippen LogP contribution is -2.27. The van der Waals surface area contributed by atoms with Crippen LogP contribution in [0.3, 0.4) is 0 Å². The van der Waals surface area contributed by atoms with Gasteiger partial charge in [0.2, 0.25) is 0 Å². The fourth-order valence-electron chi connectivity index (χ4n) is 3.97. The van der Waals surface area contributed by atoms with E-state index in [2.05, 4.69) is 41.5 Å². The van der Waals surface area contributed by atoms with Gasteiger partial charge in [0.25, 0.3) is 0 Å². The number of unbranched alkanes of at least 4 members (excludes halogenated alkanes) is 1. The van der Waals surface area contributed by atoms with E-state index < -0.39 is 0 Å². The molecule has 1 rings (SSSR count). The Bertz CT molecular complexity index is 240. The highest BCUT2D eigenvalue weighted by Gasteiger charge is 2.34. The first-order valence-corrected chi connectivity index (χ1v) is 8.92. The molecule has 0 bridgehead atoms. The summed E-state index contributed by atoms with van der Waals surface area (Å²) in [4.78, 5) is 0. The standard InChI is InChI=1S/C19H38/c1-7-9-12-17(18-13-10-11-15(18)3)14-16(4)19(5,6)8-2/h15-18H,7-14H2,1-6H3. The summed E-state index contributed by atoms with van der Waals surface area (Å²) in [6.07, 6.45) is 11.5. The zero-order chi connectivity index (χ0) is 14.5. The molecular weight excluding hydrogens is 228 g/mol. The topological polar surface area (TPSA) is 0 Å². The van der Waals surface area contributed by atoms with Crippen LogP contribution in [0.1, 0.15) is 92.9 Å². The molecule has 0 heterocycles. The van der Waals surface area contributed by atoms with E-state index >= 15 is 0 Å². The minimum Gasteiger partial charge on any atom is -0.0654 e. The molecule has 1 aliphatic carbocycles. The highest BCUT2D eigenvalue weighted by atomic mass is 14.4. The molecular formula is C19H38. The molecule has 0 amide bonds. The van der Waals surface area contributed by atoms with Gasteiger partial charge in [0, 0.05) is 0 Å². The van der Waals surface area contributed by atoms with Crippen LogP contribution in [0.15, 0.2) is 0 Å². The Labute approximate surface area is 122 Å². The smallest absolute Gasteiger partial charge is 0.0331 e. The van der Waals surface area contributed by atoms with E-state index in [4.69, 9.17) is 0 Å². The number of hydrogen-bond donors (Lipinski definition) is 0. The van der Waals surface area contributed by atoms with Crippen molar-refractivity contribution in [3.63, 3.8) is 0 Å². The predicted octanol–water partition coefficient (Wildman–Crippen LogP) is 6.69. The van der Waals surface area contributed by atoms with Gasteiger partial charge in [0.1, 0.15) is 0 Å². The molecule has 0 aromatic carbocycles. The summed E-state index contributed by atoms with van der Waals surface area (Å²) in [6, 6.07) is 0. The van der Waals surface area contributed by atoms with E-state index in [1.165, 1.54) is 51.4 Å². The summed E-state index contributed by atoms with van der Waals surface area (Å²) in [6.45, 7) is 14.6. The Morgan fingerprint density at radius 2 is 1.84 bits per heavy atom. The third-order valence-corrected chi connectivity index (χ3v) is 6.36. The Balaban J connectivity index is 2.63. The van der Waals surface area contributed by atoms with Crippen molar-refractivity contribution >= 4 is 0 Å². The monoisotopic (exact) mass is 266 g/mol. The average Bonchev–Trinajstić information content (AvgIpc) is 2.80. The quantitative estimate of drug-likeness (QED) is 0.459. The maximum absolute atomic E-state index is 2.51. The van der Waals surface area contributed by atoms with Gasteiger partial charge in [-0.3, -0.25) is 0 Å². The maximum atomic E-state index is 2.51. The Hall–Kier alpha value is 0. The molecule has 1 fully saturated rings. The van der Waals surface area contributed by atoms with Gasteiger partial charge in [-0.2, -0.15) is 0 Å². The second-order valence-corrected chi connectivity index (χ2v) is 7.95. The summed E-state index contributed by atoms with van der Waals surface area (Å²) >= 11 is 0. The molecule has 0 saturated heterocycles. The number of hydrogen-bond acceptors (Lipinski definition) is 0. The van der Waals surface area contributed by atoms with E-state index in [-0.39, 0.29) is 0 Å². The third kappa shape index (κ3) is 4.80. The minimum atomic E-state index is 0.520.